The van der Waals surface area contributed by atoms with Crippen LogP contribution in [0.3, 0.4) is 0 Å². The van der Waals surface area contributed by atoms with E-state index in [1.54, 1.807) is 12.1 Å². The lowest BCUT2D eigenvalue weighted by Gasteiger charge is -2.04. The standard InChI is InChI=1S/C12H13ClN2O2/c13-6-1-2-7-14-8-5-10-3-4-11(15(16)17)9-12(10)14/h3-5,8-9H,1-2,6-7H2. The molecule has 0 spiro atoms. The van der Waals surface area contributed by atoms with Gasteiger partial charge in [0.1, 0.15) is 0 Å². The summed E-state index contributed by atoms with van der Waals surface area (Å²) >= 11 is 5.63. The summed E-state index contributed by atoms with van der Waals surface area (Å²) in [4.78, 5) is 10.4. The molecule has 5 heteroatoms. The molecule has 90 valence electrons. The number of aromatic nitrogens is 1. The van der Waals surface area contributed by atoms with Crippen molar-refractivity contribution in [1.29, 1.82) is 0 Å². The molecule has 17 heavy (non-hydrogen) atoms. The summed E-state index contributed by atoms with van der Waals surface area (Å²) in [5, 5.41) is 11.7. The molecule has 2 aromatic rings. The lowest BCUT2D eigenvalue weighted by atomic mass is 10.2. The molecule has 0 saturated heterocycles. The van der Waals surface area contributed by atoms with Crippen molar-refractivity contribution in [2.75, 3.05) is 5.88 Å². The molecule has 0 radical (unpaired) electrons. The minimum Gasteiger partial charge on any atom is -0.347 e. The summed E-state index contributed by atoms with van der Waals surface area (Å²) in [6.45, 7) is 0.845. The number of non-ortho nitro benzene ring substituents is 1. The Morgan fingerprint density at radius 2 is 2.12 bits per heavy atom. The van der Waals surface area contributed by atoms with Gasteiger partial charge in [-0.1, -0.05) is 0 Å². The zero-order valence-electron chi connectivity index (χ0n) is 9.30. The predicted octanol–water partition coefficient (Wildman–Crippen LogP) is 3.57. The Kier molecular flexibility index (Phi) is 3.64. The van der Waals surface area contributed by atoms with Gasteiger partial charge < -0.3 is 4.57 Å². The fourth-order valence-corrected chi connectivity index (χ4v) is 2.05. The molecule has 0 bridgehead atoms. The molecule has 0 fully saturated rings. The predicted molar refractivity (Wildman–Crippen MR) is 68.5 cm³/mol. The van der Waals surface area contributed by atoms with Crippen LogP contribution in [0, 0.1) is 10.1 Å². The van der Waals surface area contributed by atoms with Crippen LogP contribution in [0.4, 0.5) is 5.69 Å². The molecule has 2 rings (SSSR count). The number of benzene rings is 1. The van der Waals surface area contributed by atoms with Crippen LogP contribution in [0.2, 0.25) is 0 Å². The van der Waals surface area contributed by atoms with Crippen molar-refractivity contribution in [2.45, 2.75) is 19.4 Å². The highest BCUT2D eigenvalue weighted by Crippen LogP contribution is 2.22. The van der Waals surface area contributed by atoms with Crippen LogP contribution >= 0.6 is 11.6 Å². The molecular formula is C12H13ClN2O2. The van der Waals surface area contributed by atoms with E-state index in [0.717, 1.165) is 30.3 Å². The average Bonchev–Trinajstić information content (AvgIpc) is 2.72. The Morgan fingerprint density at radius 1 is 1.29 bits per heavy atom. The van der Waals surface area contributed by atoms with Crippen molar-refractivity contribution in [3.63, 3.8) is 0 Å². The second kappa shape index (κ2) is 5.19. The van der Waals surface area contributed by atoms with E-state index < -0.39 is 0 Å². The Labute approximate surface area is 104 Å². The van der Waals surface area contributed by atoms with E-state index in [4.69, 9.17) is 11.6 Å². The van der Waals surface area contributed by atoms with E-state index in [2.05, 4.69) is 0 Å². The van der Waals surface area contributed by atoms with Gasteiger partial charge in [-0.25, -0.2) is 0 Å². The maximum atomic E-state index is 10.7. The van der Waals surface area contributed by atoms with Gasteiger partial charge in [-0.2, -0.15) is 0 Å². The maximum Gasteiger partial charge on any atom is 0.271 e. The number of aryl methyl sites for hydroxylation is 1. The van der Waals surface area contributed by atoms with Crippen LogP contribution in [-0.2, 0) is 6.54 Å². The van der Waals surface area contributed by atoms with E-state index in [0.29, 0.717) is 5.88 Å². The summed E-state index contributed by atoms with van der Waals surface area (Å²) in [6, 6.07) is 6.91. The summed E-state index contributed by atoms with van der Waals surface area (Å²) in [5.74, 6) is 0.652. The van der Waals surface area contributed by atoms with E-state index in [-0.39, 0.29) is 10.6 Å². The third kappa shape index (κ3) is 2.58. The van der Waals surface area contributed by atoms with Gasteiger partial charge in [-0.05, 0) is 25.0 Å². The summed E-state index contributed by atoms with van der Waals surface area (Å²) < 4.78 is 2.04. The highest BCUT2D eigenvalue weighted by atomic mass is 35.5. The molecule has 0 N–H and O–H groups in total. The topological polar surface area (TPSA) is 48.1 Å². The number of halogens is 1. The molecule has 1 aromatic carbocycles. The van der Waals surface area contributed by atoms with Gasteiger partial charge in [0, 0.05) is 36.1 Å². The normalized spacial score (nSPS) is 10.9. The highest BCUT2D eigenvalue weighted by Gasteiger charge is 2.08. The highest BCUT2D eigenvalue weighted by molar-refractivity contribution is 6.17. The number of alkyl halides is 1. The molecule has 0 atom stereocenters. The number of nitrogens with zero attached hydrogens (tertiary/aromatic N) is 2. The lowest BCUT2D eigenvalue weighted by Crippen LogP contribution is -1.97. The maximum absolute atomic E-state index is 10.7. The Morgan fingerprint density at radius 3 is 2.82 bits per heavy atom. The van der Waals surface area contributed by atoms with Crippen molar-refractivity contribution < 1.29 is 4.92 Å². The largest absolute Gasteiger partial charge is 0.347 e. The van der Waals surface area contributed by atoms with Crippen molar-refractivity contribution in [1.82, 2.24) is 4.57 Å². The third-order valence-electron chi connectivity index (χ3n) is 2.75. The monoisotopic (exact) mass is 252 g/mol. The number of unbranched alkanes of at least 4 members (excludes halogenated alkanes) is 1. The number of fused-ring (bicyclic) bond motifs is 1. The van der Waals surface area contributed by atoms with E-state index in [1.807, 2.05) is 16.8 Å². The van der Waals surface area contributed by atoms with Crippen LogP contribution < -0.4 is 0 Å². The fourth-order valence-electron chi connectivity index (χ4n) is 1.86. The fraction of sp³-hybridized carbons (Fsp3) is 0.333. The number of rotatable bonds is 5. The first-order valence-electron chi connectivity index (χ1n) is 5.51. The van der Waals surface area contributed by atoms with Gasteiger partial charge in [0.2, 0.25) is 0 Å². The smallest absolute Gasteiger partial charge is 0.271 e. The Balaban J connectivity index is 2.30. The van der Waals surface area contributed by atoms with Crippen LogP contribution in [0.15, 0.2) is 30.5 Å². The molecule has 0 unspecified atom stereocenters. The van der Waals surface area contributed by atoms with Crippen LogP contribution in [0.25, 0.3) is 10.9 Å². The molecule has 0 saturated carbocycles. The summed E-state index contributed by atoms with van der Waals surface area (Å²) in [7, 11) is 0. The van der Waals surface area contributed by atoms with Gasteiger partial charge in [0.15, 0.2) is 0 Å². The molecule has 0 aliphatic rings. The Hall–Kier alpha value is -1.55. The molecule has 1 heterocycles. The summed E-state index contributed by atoms with van der Waals surface area (Å²) in [5.41, 5.74) is 1.04. The van der Waals surface area contributed by atoms with Gasteiger partial charge in [0.05, 0.1) is 10.4 Å². The molecule has 0 aliphatic heterocycles. The molecule has 1 aromatic heterocycles. The lowest BCUT2D eigenvalue weighted by molar-refractivity contribution is -0.384. The average molecular weight is 253 g/mol. The van der Waals surface area contributed by atoms with Crippen LogP contribution in [0.1, 0.15) is 12.8 Å². The minimum atomic E-state index is -0.366. The van der Waals surface area contributed by atoms with Crippen molar-refractivity contribution >= 4 is 28.2 Å². The molecule has 0 aliphatic carbocycles. The molecule has 4 nitrogen and oxygen atoms in total. The van der Waals surface area contributed by atoms with Crippen molar-refractivity contribution in [3.8, 4) is 0 Å². The van der Waals surface area contributed by atoms with E-state index in [9.17, 15) is 10.1 Å². The first-order valence-corrected chi connectivity index (χ1v) is 6.05. The Bertz CT molecular complexity index is 536. The van der Waals surface area contributed by atoms with Crippen molar-refractivity contribution in [2.24, 2.45) is 0 Å². The van der Waals surface area contributed by atoms with Gasteiger partial charge in [-0.3, -0.25) is 10.1 Å². The number of hydrogen-bond donors (Lipinski definition) is 0. The second-order valence-corrected chi connectivity index (χ2v) is 4.28. The SMILES string of the molecule is O=[N+]([O-])c1ccc2ccn(CCCCCl)c2c1. The van der Waals surface area contributed by atoms with E-state index >= 15 is 0 Å². The van der Waals surface area contributed by atoms with Crippen molar-refractivity contribution in [3.05, 3.63) is 40.6 Å². The van der Waals surface area contributed by atoms with Crippen LogP contribution in [-0.4, -0.2) is 15.4 Å². The van der Waals surface area contributed by atoms with Gasteiger partial charge in [0.25, 0.3) is 5.69 Å². The minimum absolute atomic E-state index is 0.134. The molecule has 0 amide bonds. The van der Waals surface area contributed by atoms with Gasteiger partial charge in [-0.15, -0.1) is 11.6 Å². The van der Waals surface area contributed by atoms with Crippen LogP contribution in [0.5, 0.6) is 0 Å². The van der Waals surface area contributed by atoms with E-state index in [1.165, 1.54) is 6.07 Å². The zero-order valence-corrected chi connectivity index (χ0v) is 10.1. The number of hydrogen-bond acceptors (Lipinski definition) is 2. The third-order valence-corrected chi connectivity index (χ3v) is 3.02. The number of nitro benzene ring substituents is 1. The summed E-state index contributed by atoms with van der Waals surface area (Å²) in [6.07, 6.45) is 3.90. The van der Waals surface area contributed by atoms with Gasteiger partial charge >= 0.3 is 0 Å². The second-order valence-electron chi connectivity index (χ2n) is 3.91. The first kappa shape index (κ1) is 11.9. The molecular weight excluding hydrogens is 240 g/mol. The first-order chi connectivity index (χ1) is 8.22. The number of nitro groups is 1. The quantitative estimate of drug-likeness (QED) is 0.353. The zero-order chi connectivity index (χ0) is 12.3.